The van der Waals surface area contributed by atoms with Crippen molar-refractivity contribution in [3.8, 4) is 11.8 Å². The minimum atomic E-state index is -3.46. The van der Waals surface area contributed by atoms with Crippen LogP contribution in [-0.4, -0.2) is 37.0 Å². The van der Waals surface area contributed by atoms with Gasteiger partial charge in [0.1, 0.15) is 6.61 Å². The summed E-state index contributed by atoms with van der Waals surface area (Å²) in [6, 6.07) is 6.39. The maximum Gasteiger partial charge on any atom is 0.243 e. The maximum atomic E-state index is 12.5. The Labute approximate surface area is 121 Å². The highest BCUT2D eigenvalue weighted by atomic mass is 32.2. The molecule has 5 heteroatoms. The number of sulfonamides is 1. The smallest absolute Gasteiger partial charge is 0.243 e. The van der Waals surface area contributed by atoms with Gasteiger partial charge in [-0.1, -0.05) is 25.7 Å². The third-order valence-corrected chi connectivity index (χ3v) is 5.27. The summed E-state index contributed by atoms with van der Waals surface area (Å²) in [4.78, 5) is 0.272. The Morgan fingerprint density at radius 1 is 1.25 bits per heavy atom. The van der Waals surface area contributed by atoms with Crippen molar-refractivity contribution in [2.75, 3.05) is 13.2 Å². The van der Waals surface area contributed by atoms with E-state index in [-0.39, 0.29) is 17.5 Å². The highest BCUT2D eigenvalue weighted by molar-refractivity contribution is 7.89. The van der Waals surface area contributed by atoms with E-state index in [2.05, 4.69) is 11.8 Å². The Balaban J connectivity index is 3.09. The van der Waals surface area contributed by atoms with Gasteiger partial charge in [0, 0.05) is 18.2 Å². The maximum absolute atomic E-state index is 12.5. The molecule has 1 unspecified atom stereocenters. The van der Waals surface area contributed by atoms with Crippen molar-refractivity contribution >= 4 is 10.0 Å². The molecule has 1 aromatic rings. The third-order valence-electron chi connectivity index (χ3n) is 3.17. The van der Waals surface area contributed by atoms with Crippen LogP contribution in [-0.2, 0) is 10.0 Å². The van der Waals surface area contributed by atoms with Gasteiger partial charge >= 0.3 is 0 Å². The van der Waals surface area contributed by atoms with Gasteiger partial charge in [-0.15, -0.1) is 0 Å². The Kier molecular flexibility index (Phi) is 6.21. The van der Waals surface area contributed by atoms with Crippen molar-refractivity contribution in [1.82, 2.24) is 4.31 Å². The first-order valence-electron chi connectivity index (χ1n) is 6.69. The van der Waals surface area contributed by atoms with Crippen LogP contribution in [0.4, 0.5) is 0 Å². The van der Waals surface area contributed by atoms with E-state index in [0.717, 1.165) is 6.42 Å². The monoisotopic (exact) mass is 295 g/mol. The normalized spacial score (nSPS) is 12.8. The number of rotatable bonds is 5. The standard InChI is InChI=1S/C15H21NO3S/c1-4-13(3)16(5-2)20(18,19)15-10-8-14(9-11-15)7-6-12-17/h8-11,13,17H,4-5,12H2,1-3H3. The molecule has 1 rings (SSSR count). The number of hydrogen-bond donors (Lipinski definition) is 1. The van der Waals surface area contributed by atoms with Crippen molar-refractivity contribution in [2.45, 2.75) is 38.1 Å². The molecule has 0 aliphatic heterocycles. The number of benzene rings is 1. The molecule has 1 N–H and O–H groups in total. The molecule has 0 aliphatic carbocycles. The molecule has 0 fully saturated rings. The first-order chi connectivity index (χ1) is 9.47. The summed E-state index contributed by atoms with van der Waals surface area (Å²) in [5.74, 6) is 5.27. The van der Waals surface area contributed by atoms with Crippen molar-refractivity contribution in [2.24, 2.45) is 0 Å². The molecule has 0 saturated heterocycles. The molecule has 4 nitrogen and oxygen atoms in total. The SMILES string of the molecule is CCC(C)N(CC)S(=O)(=O)c1ccc(C#CCO)cc1. The van der Waals surface area contributed by atoms with Gasteiger partial charge < -0.3 is 5.11 Å². The molecule has 0 spiro atoms. The van der Waals surface area contributed by atoms with E-state index in [9.17, 15) is 8.42 Å². The average Bonchev–Trinajstić information content (AvgIpc) is 2.45. The molecule has 1 aromatic carbocycles. The van der Waals surface area contributed by atoms with Gasteiger partial charge in [0.2, 0.25) is 10.0 Å². The Morgan fingerprint density at radius 3 is 2.30 bits per heavy atom. The summed E-state index contributed by atoms with van der Waals surface area (Å²) < 4.78 is 26.6. The predicted octanol–water partition coefficient (Wildman–Crippen LogP) is 1.84. The quantitative estimate of drug-likeness (QED) is 0.843. The fourth-order valence-electron chi connectivity index (χ4n) is 1.91. The lowest BCUT2D eigenvalue weighted by Gasteiger charge is -2.26. The molecule has 0 saturated carbocycles. The number of nitrogens with zero attached hydrogens (tertiary/aromatic N) is 1. The van der Waals surface area contributed by atoms with E-state index in [1.165, 1.54) is 4.31 Å². The van der Waals surface area contributed by atoms with E-state index in [4.69, 9.17) is 5.11 Å². The van der Waals surface area contributed by atoms with Crippen LogP contribution < -0.4 is 0 Å². The molecule has 110 valence electrons. The van der Waals surface area contributed by atoms with Gasteiger partial charge in [0.15, 0.2) is 0 Å². The summed E-state index contributed by atoms with van der Waals surface area (Å²) in [5.41, 5.74) is 0.685. The molecule has 20 heavy (non-hydrogen) atoms. The van der Waals surface area contributed by atoms with E-state index in [1.54, 1.807) is 24.3 Å². The fourth-order valence-corrected chi connectivity index (χ4v) is 3.62. The van der Waals surface area contributed by atoms with Crippen LogP contribution in [0.1, 0.15) is 32.8 Å². The topological polar surface area (TPSA) is 57.6 Å². The van der Waals surface area contributed by atoms with Gasteiger partial charge in [-0.25, -0.2) is 8.42 Å². The van der Waals surface area contributed by atoms with Crippen molar-refractivity contribution in [3.63, 3.8) is 0 Å². The highest BCUT2D eigenvalue weighted by Gasteiger charge is 2.26. The van der Waals surface area contributed by atoms with E-state index in [0.29, 0.717) is 12.1 Å². The lowest BCUT2D eigenvalue weighted by atomic mass is 10.2. The van der Waals surface area contributed by atoms with Crippen LogP contribution in [0.15, 0.2) is 29.2 Å². The van der Waals surface area contributed by atoms with Gasteiger partial charge in [-0.2, -0.15) is 4.31 Å². The predicted molar refractivity (Wildman–Crippen MR) is 79.7 cm³/mol. The molecule has 0 aromatic heterocycles. The van der Waals surface area contributed by atoms with E-state index < -0.39 is 10.0 Å². The van der Waals surface area contributed by atoms with Crippen LogP contribution in [0.5, 0.6) is 0 Å². The van der Waals surface area contributed by atoms with Crippen molar-refractivity contribution in [1.29, 1.82) is 0 Å². The second-order valence-corrected chi connectivity index (χ2v) is 6.34. The van der Waals surface area contributed by atoms with Gasteiger partial charge in [0.05, 0.1) is 4.90 Å². The highest BCUT2D eigenvalue weighted by Crippen LogP contribution is 2.19. The summed E-state index contributed by atoms with van der Waals surface area (Å²) in [5, 5.41) is 8.63. The van der Waals surface area contributed by atoms with Crippen LogP contribution in [0, 0.1) is 11.8 Å². The number of aliphatic hydroxyl groups is 1. The molecule has 0 aliphatic rings. The zero-order valence-electron chi connectivity index (χ0n) is 12.1. The van der Waals surface area contributed by atoms with Gasteiger partial charge in [-0.05, 0) is 37.6 Å². The number of aliphatic hydroxyl groups excluding tert-OH is 1. The molecule has 0 amide bonds. The number of hydrogen-bond acceptors (Lipinski definition) is 3. The van der Waals surface area contributed by atoms with Crippen molar-refractivity contribution in [3.05, 3.63) is 29.8 Å². The van der Waals surface area contributed by atoms with Crippen molar-refractivity contribution < 1.29 is 13.5 Å². The summed E-state index contributed by atoms with van der Waals surface area (Å²) >= 11 is 0. The minimum Gasteiger partial charge on any atom is -0.384 e. The third kappa shape index (κ3) is 3.83. The van der Waals surface area contributed by atoms with Crippen LogP contribution in [0.3, 0.4) is 0 Å². The summed E-state index contributed by atoms with van der Waals surface area (Å²) in [7, 11) is -3.46. The lowest BCUT2D eigenvalue weighted by molar-refractivity contribution is 0.342. The van der Waals surface area contributed by atoms with E-state index >= 15 is 0 Å². The Bertz CT molecular complexity index is 582. The minimum absolute atomic E-state index is 0.0288. The fraction of sp³-hybridized carbons (Fsp3) is 0.467. The molecule has 1 atom stereocenters. The summed E-state index contributed by atoms with van der Waals surface area (Å²) in [6.07, 6.45) is 0.771. The first-order valence-corrected chi connectivity index (χ1v) is 8.13. The van der Waals surface area contributed by atoms with E-state index in [1.807, 2.05) is 20.8 Å². The zero-order valence-corrected chi connectivity index (χ0v) is 12.9. The Morgan fingerprint density at radius 2 is 1.85 bits per heavy atom. The summed E-state index contributed by atoms with van der Waals surface area (Å²) in [6.45, 7) is 5.95. The van der Waals surface area contributed by atoms with Crippen LogP contribution >= 0.6 is 0 Å². The average molecular weight is 295 g/mol. The van der Waals surface area contributed by atoms with Gasteiger partial charge in [-0.3, -0.25) is 0 Å². The lowest BCUT2D eigenvalue weighted by Crippen LogP contribution is -2.38. The molecular weight excluding hydrogens is 274 g/mol. The zero-order chi connectivity index (χ0) is 15.2. The second-order valence-electron chi connectivity index (χ2n) is 4.45. The second kappa shape index (κ2) is 7.44. The molecule has 0 radical (unpaired) electrons. The molecule has 0 heterocycles. The molecular formula is C15H21NO3S. The van der Waals surface area contributed by atoms with Crippen LogP contribution in [0.2, 0.25) is 0 Å². The van der Waals surface area contributed by atoms with Gasteiger partial charge in [0.25, 0.3) is 0 Å². The molecule has 0 bridgehead atoms. The largest absolute Gasteiger partial charge is 0.384 e. The van der Waals surface area contributed by atoms with Crippen LogP contribution in [0.25, 0.3) is 0 Å². The first kappa shape index (κ1) is 16.7. The Hall–Kier alpha value is -1.35.